The van der Waals surface area contributed by atoms with E-state index in [1.807, 2.05) is 63.2 Å². The summed E-state index contributed by atoms with van der Waals surface area (Å²) < 4.78 is 58.4. The molecule has 38 heavy (non-hydrogen) atoms. The van der Waals surface area contributed by atoms with Gasteiger partial charge in [0.05, 0.1) is 33.0 Å². The number of ether oxygens (including phenoxy) is 6. The molecule has 0 aliphatic carbocycles. The second-order valence-corrected chi connectivity index (χ2v) is 10.1. The lowest BCUT2D eigenvalue weighted by Crippen LogP contribution is -2.49. The van der Waals surface area contributed by atoms with Gasteiger partial charge in [-0.15, -0.1) is 0 Å². The quantitative estimate of drug-likeness (QED) is 0.425. The van der Waals surface area contributed by atoms with Crippen LogP contribution in [0.4, 0.5) is 0 Å². The third-order valence-electron chi connectivity index (χ3n) is 5.18. The van der Waals surface area contributed by atoms with Gasteiger partial charge >= 0.3 is 9.05 Å². The van der Waals surface area contributed by atoms with Crippen molar-refractivity contribution in [2.24, 2.45) is 0 Å². The second-order valence-electron chi connectivity index (χ2n) is 7.93. The molecular weight excluding hydrogens is 512 g/mol. The molecule has 0 amide bonds. The molecule has 3 rings (SSSR count). The summed E-state index contributed by atoms with van der Waals surface area (Å²) in [6, 6.07) is 13.2. The monoisotopic (exact) mass is 552 g/mol. The average molecular weight is 553 g/mol. The first-order valence-corrected chi connectivity index (χ1v) is 14.8. The zero-order valence-corrected chi connectivity index (χ0v) is 23.6. The van der Waals surface area contributed by atoms with Crippen molar-refractivity contribution in [3.05, 3.63) is 48.0 Å². The summed E-state index contributed by atoms with van der Waals surface area (Å²) in [6.07, 6.45) is 0. The van der Waals surface area contributed by atoms with Crippen LogP contribution in [0.3, 0.4) is 0 Å². The standard InChI is InChI=1S/C27H40O10Si/c1-4-34-38(35-5-2,36-6-3)37-22-23-11-12-26-27(21-23)33-20-16-29-14-18-31-25-10-8-7-9-24(25)30-17-13-28-15-19-32-26/h7-12,21H,4-6,13-20,22H2,1-3H3. The number of fused-ring (bicyclic) bond motifs is 2. The predicted octanol–water partition coefficient (Wildman–Crippen LogP) is 4.01. The summed E-state index contributed by atoms with van der Waals surface area (Å²) >= 11 is 0. The number of rotatable bonds is 9. The molecule has 0 atom stereocenters. The maximum absolute atomic E-state index is 6.07. The molecule has 11 heteroatoms. The largest absolute Gasteiger partial charge is 0.679 e. The van der Waals surface area contributed by atoms with Crippen LogP contribution in [-0.4, -0.2) is 81.7 Å². The molecule has 0 unspecified atom stereocenters. The second kappa shape index (κ2) is 17.3. The van der Waals surface area contributed by atoms with Crippen LogP contribution in [0, 0.1) is 0 Å². The fourth-order valence-corrected chi connectivity index (χ4v) is 5.47. The molecule has 0 saturated carbocycles. The van der Waals surface area contributed by atoms with Crippen LogP contribution in [0.25, 0.3) is 0 Å². The van der Waals surface area contributed by atoms with Crippen molar-refractivity contribution < 1.29 is 46.1 Å². The molecule has 1 heterocycles. The lowest BCUT2D eigenvalue weighted by molar-refractivity contribution is -0.0319. The van der Waals surface area contributed by atoms with Crippen molar-refractivity contribution in [1.82, 2.24) is 0 Å². The fraction of sp³-hybridized carbons (Fsp3) is 0.556. The van der Waals surface area contributed by atoms with Crippen molar-refractivity contribution in [3.63, 3.8) is 0 Å². The average Bonchev–Trinajstić information content (AvgIpc) is 2.92. The lowest BCUT2D eigenvalue weighted by Gasteiger charge is -2.27. The van der Waals surface area contributed by atoms with Gasteiger partial charge in [0.1, 0.15) is 26.4 Å². The van der Waals surface area contributed by atoms with E-state index >= 15 is 0 Å². The summed E-state index contributed by atoms with van der Waals surface area (Å²) in [5, 5.41) is 0. The van der Waals surface area contributed by atoms with Gasteiger partial charge in [-0.2, -0.15) is 0 Å². The predicted molar refractivity (Wildman–Crippen MR) is 142 cm³/mol. The first-order chi connectivity index (χ1) is 18.7. The Bertz CT molecular complexity index is 911. The summed E-state index contributed by atoms with van der Waals surface area (Å²) in [5.41, 5.74) is 0.867. The highest BCUT2D eigenvalue weighted by molar-refractivity contribution is 6.53. The van der Waals surface area contributed by atoms with Crippen LogP contribution < -0.4 is 18.9 Å². The Morgan fingerprint density at radius 1 is 0.553 bits per heavy atom. The van der Waals surface area contributed by atoms with E-state index in [0.29, 0.717) is 95.7 Å². The van der Waals surface area contributed by atoms with Gasteiger partial charge in [0.2, 0.25) is 0 Å². The molecule has 2 aromatic carbocycles. The third-order valence-corrected chi connectivity index (χ3v) is 7.60. The Hall–Kier alpha value is -2.38. The SMILES string of the molecule is CCO[Si](OCC)(OCC)OCc1ccc2c(c1)OCCOCCOc1ccccc1OCCOCCO2. The Morgan fingerprint density at radius 2 is 1.00 bits per heavy atom. The molecular formula is C27H40O10Si. The van der Waals surface area contributed by atoms with E-state index in [-0.39, 0.29) is 6.61 Å². The van der Waals surface area contributed by atoms with Gasteiger partial charge in [0.25, 0.3) is 0 Å². The summed E-state index contributed by atoms with van der Waals surface area (Å²) in [5.74, 6) is 2.54. The van der Waals surface area contributed by atoms with E-state index < -0.39 is 9.05 Å². The van der Waals surface area contributed by atoms with Gasteiger partial charge in [-0.3, -0.25) is 0 Å². The molecule has 0 aromatic heterocycles. The lowest BCUT2D eigenvalue weighted by atomic mass is 10.2. The van der Waals surface area contributed by atoms with E-state index in [1.165, 1.54) is 0 Å². The van der Waals surface area contributed by atoms with Crippen molar-refractivity contribution in [2.75, 3.05) is 72.7 Å². The van der Waals surface area contributed by atoms with Crippen LogP contribution in [0.15, 0.2) is 42.5 Å². The maximum atomic E-state index is 6.07. The molecule has 0 bridgehead atoms. The highest BCUT2D eigenvalue weighted by Gasteiger charge is 2.44. The molecule has 0 spiro atoms. The van der Waals surface area contributed by atoms with Gasteiger partial charge < -0.3 is 46.1 Å². The minimum atomic E-state index is -3.24. The highest BCUT2D eigenvalue weighted by Crippen LogP contribution is 2.30. The van der Waals surface area contributed by atoms with Gasteiger partial charge in [-0.05, 0) is 50.6 Å². The van der Waals surface area contributed by atoms with Crippen LogP contribution >= 0.6 is 0 Å². The van der Waals surface area contributed by atoms with Crippen LogP contribution in [0.1, 0.15) is 26.3 Å². The topological polar surface area (TPSA) is 92.3 Å². The van der Waals surface area contributed by atoms with Gasteiger partial charge in [0.15, 0.2) is 23.0 Å². The molecule has 2 aromatic rings. The summed E-state index contributed by atoms with van der Waals surface area (Å²) in [6.45, 7) is 10.3. The zero-order valence-electron chi connectivity index (χ0n) is 22.6. The number of para-hydroxylation sites is 2. The van der Waals surface area contributed by atoms with Crippen molar-refractivity contribution in [2.45, 2.75) is 27.4 Å². The smallest absolute Gasteiger partial charge is 0.487 e. The van der Waals surface area contributed by atoms with Gasteiger partial charge in [-0.1, -0.05) is 18.2 Å². The molecule has 0 saturated heterocycles. The Morgan fingerprint density at radius 3 is 1.47 bits per heavy atom. The van der Waals surface area contributed by atoms with E-state index in [4.69, 9.17) is 46.1 Å². The molecule has 0 fully saturated rings. The minimum Gasteiger partial charge on any atom is -0.487 e. The number of benzene rings is 2. The molecule has 1 aliphatic rings. The maximum Gasteiger partial charge on any atom is 0.679 e. The molecule has 212 valence electrons. The van der Waals surface area contributed by atoms with Crippen molar-refractivity contribution >= 4 is 9.05 Å². The third kappa shape index (κ3) is 10.1. The van der Waals surface area contributed by atoms with Crippen LogP contribution in [-0.2, 0) is 33.8 Å². The summed E-state index contributed by atoms with van der Waals surface area (Å²) in [7, 11) is -3.24. The fourth-order valence-electron chi connectivity index (χ4n) is 3.56. The Balaban J connectivity index is 1.62. The van der Waals surface area contributed by atoms with Crippen LogP contribution in [0.2, 0.25) is 0 Å². The van der Waals surface area contributed by atoms with E-state index in [9.17, 15) is 0 Å². The highest BCUT2D eigenvalue weighted by atomic mass is 28.4. The molecule has 10 nitrogen and oxygen atoms in total. The Labute approximate surface area is 226 Å². The first kappa shape index (κ1) is 30.2. The molecule has 0 N–H and O–H groups in total. The van der Waals surface area contributed by atoms with Gasteiger partial charge in [-0.25, -0.2) is 0 Å². The minimum absolute atomic E-state index is 0.237. The normalized spacial score (nSPS) is 15.9. The molecule has 1 aliphatic heterocycles. The molecule has 0 radical (unpaired) electrons. The van der Waals surface area contributed by atoms with Gasteiger partial charge in [0, 0.05) is 19.8 Å². The Kier molecular flexibility index (Phi) is 13.7. The summed E-state index contributed by atoms with van der Waals surface area (Å²) in [4.78, 5) is 0. The number of hydrogen-bond donors (Lipinski definition) is 0. The zero-order chi connectivity index (χ0) is 26.9. The number of hydrogen-bond acceptors (Lipinski definition) is 10. The van der Waals surface area contributed by atoms with E-state index in [0.717, 1.165) is 5.56 Å². The van der Waals surface area contributed by atoms with Crippen molar-refractivity contribution in [1.29, 1.82) is 0 Å². The van der Waals surface area contributed by atoms with Crippen molar-refractivity contribution in [3.8, 4) is 23.0 Å². The van der Waals surface area contributed by atoms with Crippen LogP contribution in [0.5, 0.6) is 23.0 Å². The first-order valence-electron chi connectivity index (χ1n) is 13.1. The van der Waals surface area contributed by atoms with E-state index in [2.05, 4.69) is 0 Å². The van der Waals surface area contributed by atoms with E-state index in [1.54, 1.807) is 0 Å².